The van der Waals surface area contributed by atoms with Crippen molar-refractivity contribution in [2.45, 2.75) is 44.8 Å². The quantitative estimate of drug-likeness (QED) is 0.893. The van der Waals surface area contributed by atoms with Crippen LogP contribution in [0.1, 0.15) is 31.9 Å². The van der Waals surface area contributed by atoms with Gasteiger partial charge >= 0.3 is 0 Å². The molecule has 0 spiro atoms. The lowest BCUT2D eigenvalue weighted by molar-refractivity contribution is 0.213. The van der Waals surface area contributed by atoms with Crippen molar-refractivity contribution in [3.63, 3.8) is 0 Å². The minimum Gasteiger partial charge on any atom is -0.345 e. The maximum absolute atomic E-state index is 4.79. The molecule has 3 rings (SSSR count). The predicted molar refractivity (Wildman–Crippen MR) is 80.9 cm³/mol. The Bertz CT molecular complexity index is 415. The fraction of sp³-hybridized carbons (Fsp3) is 0.786. The molecule has 1 unspecified atom stereocenters. The van der Waals surface area contributed by atoms with Crippen LogP contribution in [0.4, 0.5) is 5.13 Å². The normalized spacial score (nSPS) is 24.9. The first kappa shape index (κ1) is 13.3. The second kappa shape index (κ2) is 5.77. The van der Waals surface area contributed by atoms with Crippen LogP contribution < -0.4 is 10.2 Å². The second-order valence-corrected chi connectivity index (χ2v) is 6.60. The van der Waals surface area contributed by atoms with Crippen LogP contribution in [0.25, 0.3) is 0 Å². The molecule has 2 fully saturated rings. The number of thiazole rings is 1. The molecule has 1 atom stereocenters. The number of rotatable bonds is 5. The summed E-state index contributed by atoms with van der Waals surface area (Å²) >= 11 is 1.80. The SMILES string of the molecule is CCC1CN(c2nc(CNC3CC3)cs2)CCN1C. The van der Waals surface area contributed by atoms with Crippen molar-refractivity contribution in [1.29, 1.82) is 0 Å². The summed E-state index contributed by atoms with van der Waals surface area (Å²) < 4.78 is 0. The first-order chi connectivity index (χ1) is 9.26. The van der Waals surface area contributed by atoms with Crippen LogP contribution in [0.5, 0.6) is 0 Å². The van der Waals surface area contributed by atoms with E-state index in [0.29, 0.717) is 6.04 Å². The molecule has 1 aromatic heterocycles. The van der Waals surface area contributed by atoms with E-state index in [9.17, 15) is 0 Å². The average Bonchev–Trinajstić information content (AvgIpc) is 3.14. The van der Waals surface area contributed by atoms with Gasteiger partial charge in [-0.1, -0.05) is 6.92 Å². The molecule has 106 valence electrons. The van der Waals surface area contributed by atoms with Crippen LogP contribution in [0.15, 0.2) is 5.38 Å². The van der Waals surface area contributed by atoms with E-state index < -0.39 is 0 Å². The van der Waals surface area contributed by atoms with Gasteiger partial charge in [-0.15, -0.1) is 11.3 Å². The molecule has 2 aliphatic rings. The fourth-order valence-corrected chi connectivity index (χ4v) is 3.48. The summed E-state index contributed by atoms with van der Waals surface area (Å²) in [5.74, 6) is 0. The molecule has 1 saturated heterocycles. The highest BCUT2D eigenvalue weighted by Crippen LogP contribution is 2.25. The summed E-state index contributed by atoms with van der Waals surface area (Å²) in [6.45, 7) is 6.59. The van der Waals surface area contributed by atoms with Gasteiger partial charge in [-0.2, -0.15) is 0 Å². The second-order valence-electron chi connectivity index (χ2n) is 5.77. The molecule has 1 aliphatic heterocycles. The number of hydrogen-bond acceptors (Lipinski definition) is 5. The molecule has 1 aromatic rings. The van der Waals surface area contributed by atoms with E-state index in [1.807, 2.05) is 0 Å². The first-order valence-corrected chi connectivity index (χ1v) is 8.27. The minimum absolute atomic E-state index is 0.672. The first-order valence-electron chi connectivity index (χ1n) is 7.39. The third-order valence-corrected chi connectivity index (χ3v) is 5.16. The third kappa shape index (κ3) is 3.27. The zero-order chi connectivity index (χ0) is 13.2. The van der Waals surface area contributed by atoms with Crippen molar-refractivity contribution >= 4 is 16.5 Å². The number of likely N-dealkylation sites (N-methyl/N-ethyl adjacent to an activating group) is 1. The summed E-state index contributed by atoms with van der Waals surface area (Å²) in [6, 6.07) is 1.43. The lowest BCUT2D eigenvalue weighted by Crippen LogP contribution is -2.51. The van der Waals surface area contributed by atoms with E-state index in [4.69, 9.17) is 4.98 Å². The molecule has 2 heterocycles. The van der Waals surface area contributed by atoms with E-state index in [1.165, 1.54) is 30.1 Å². The lowest BCUT2D eigenvalue weighted by atomic mass is 10.1. The van der Waals surface area contributed by atoms with Gasteiger partial charge in [0.25, 0.3) is 0 Å². The number of hydrogen-bond donors (Lipinski definition) is 1. The highest BCUT2D eigenvalue weighted by Gasteiger charge is 2.25. The number of nitrogens with one attached hydrogen (secondary N) is 1. The fourth-order valence-electron chi connectivity index (χ4n) is 2.62. The topological polar surface area (TPSA) is 31.4 Å². The van der Waals surface area contributed by atoms with Crippen LogP contribution in [0.3, 0.4) is 0 Å². The van der Waals surface area contributed by atoms with Gasteiger partial charge in [0.2, 0.25) is 0 Å². The highest BCUT2D eigenvalue weighted by molar-refractivity contribution is 7.13. The number of anilines is 1. The summed E-state index contributed by atoms with van der Waals surface area (Å²) in [5.41, 5.74) is 1.21. The molecular formula is C14H24N4S. The van der Waals surface area contributed by atoms with Crippen molar-refractivity contribution < 1.29 is 0 Å². The van der Waals surface area contributed by atoms with Crippen molar-refractivity contribution in [2.24, 2.45) is 0 Å². The molecule has 5 heteroatoms. The van der Waals surface area contributed by atoms with Gasteiger partial charge in [0.05, 0.1) is 5.69 Å². The van der Waals surface area contributed by atoms with Crippen LogP contribution in [-0.2, 0) is 6.54 Å². The molecule has 0 aromatic carbocycles. The standard InChI is InChI=1S/C14H24N4S/c1-3-13-9-18(7-6-17(13)2)14-16-12(10-19-14)8-15-11-4-5-11/h10-11,13,15H,3-9H2,1-2H3. The van der Waals surface area contributed by atoms with Crippen molar-refractivity contribution in [3.8, 4) is 0 Å². The van der Waals surface area contributed by atoms with Gasteiger partial charge in [-0.05, 0) is 26.3 Å². The summed E-state index contributed by atoms with van der Waals surface area (Å²) in [6.07, 6.45) is 3.90. The number of nitrogens with zero attached hydrogens (tertiary/aromatic N) is 3. The Balaban J connectivity index is 1.58. The van der Waals surface area contributed by atoms with E-state index in [-0.39, 0.29) is 0 Å². The third-order valence-electron chi connectivity index (χ3n) is 4.21. The zero-order valence-electron chi connectivity index (χ0n) is 11.9. The van der Waals surface area contributed by atoms with E-state index in [0.717, 1.165) is 32.2 Å². The molecule has 0 bridgehead atoms. The summed E-state index contributed by atoms with van der Waals surface area (Å²) in [7, 11) is 2.23. The van der Waals surface area contributed by atoms with Gasteiger partial charge in [-0.25, -0.2) is 4.98 Å². The van der Waals surface area contributed by atoms with Crippen molar-refractivity contribution in [1.82, 2.24) is 15.2 Å². The molecule has 1 N–H and O–H groups in total. The number of piperazine rings is 1. The smallest absolute Gasteiger partial charge is 0.185 e. The molecule has 0 amide bonds. The summed E-state index contributed by atoms with van der Waals surface area (Å²) in [4.78, 5) is 9.72. The largest absolute Gasteiger partial charge is 0.345 e. The Labute approximate surface area is 119 Å². The van der Waals surface area contributed by atoms with Gasteiger partial charge in [0.15, 0.2) is 5.13 Å². The van der Waals surface area contributed by atoms with Crippen LogP contribution in [0, 0.1) is 0 Å². The maximum Gasteiger partial charge on any atom is 0.185 e. The zero-order valence-corrected chi connectivity index (χ0v) is 12.7. The molecule has 1 aliphatic carbocycles. The number of aromatic nitrogens is 1. The predicted octanol–water partition coefficient (Wildman–Crippen LogP) is 1.93. The Morgan fingerprint density at radius 1 is 1.42 bits per heavy atom. The maximum atomic E-state index is 4.79. The van der Waals surface area contributed by atoms with Gasteiger partial charge in [-0.3, -0.25) is 4.90 Å². The van der Waals surface area contributed by atoms with E-state index >= 15 is 0 Å². The average molecular weight is 280 g/mol. The Hall–Kier alpha value is -0.650. The van der Waals surface area contributed by atoms with Gasteiger partial charge < -0.3 is 10.2 Å². The molecular weight excluding hydrogens is 256 g/mol. The van der Waals surface area contributed by atoms with Crippen LogP contribution in [0.2, 0.25) is 0 Å². The van der Waals surface area contributed by atoms with Crippen molar-refractivity contribution in [3.05, 3.63) is 11.1 Å². The van der Waals surface area contributed by atoms with Crippen LogP contribution in [-0.4, -0.2) is 48.6 Å². The molecule has 19 heavy (non-hydrogen) atoms. The van der Waals surface area contributed by atoms with Crippen molar-refractivity contribution in [2.75, 3.05) is 31.6 Å². The van der Waals surface area contributed by atoms with E-state index in [1.54, 1.807) is 11.3 Å². The van der Waals surface area contributed by atoms with Gasteiger partial charge in [0, 0.05) is 43.6 Å². The Morgan fingerprint density at radius 3 is 3.00 bits per heavy atom. The Morgan fingerprint density at radius 2 is 2.26 bits per heavy atom. The monoisotopic (exact) mass is 280 g/mol. The summed E-state index contributed by atoms with van der Waals surface area (Å²) in [5, 5.41) is 6.95. The molecule has 4 nitrogen and oxygen atoms in total. The lowest BCUT2D eigenvalue weighted by Gasteiger charge is -2.39. The highest BCUT2D eigenvalue weighted by atomic mass is 32.1. The Kier molecular flexibility index (Phi) is 4.05. The molecule has 1 saturated carbocycles. The minimum atomic E-state index is 0.672. The van der Waals surface area contributed by atoms with E-state index in [2.05, 4.69) is 34.5 Å². The molecule has 0 radical (unpaired) electrons. The van der Waals surface area contributed by atoms with Gasteiger partial charge in [0.1, 0.15) is 0 Å². The van der Waals surface area contributed by atoms with Crippen LogP contribution >= 0.6 is 11.3 Å².